The van der Waals surface area contributed by atoms with Gasteiger partial charge in [0.25, 0.3) is 5.91 Å². The first-order valence-electron chi connectivity index (χ1n) is 8.02. The van der Waals surface area contributed by atoms with Gasteiger partial charge < -0.3 is 0 Å². The van der Waals surface area contributed by atoms with Crippen LogP contribution in [0.3, 0.4) is 0 Å². The molecule has 2 aromatic rings. The van der Waals surface area contributed by atoms with Gasteiger partial charge in [-0.05, 0) is 39.3 Å². The number of hydrazone groups is 1. The number of hydrogen-bond donors (Lipinski definition) is 3. The van der Waals surface area contributed by atoms with E-state index in [9.17, 15) is 4.79 Å². The molecule has 1 aromatic carbocycles. The zero-order chi connectivity index (χ0) is 17.1. The van der Waals surface area contributed by atoms with E-state index >= 15 is 0 Å². The monoisotopic (exact) mass is 326 g/mol. The van der Waals surface area contributed by atoms with E-state index in [4.69, 9.17) is 0 Å². The largest absolute Gasteiger partial charge is 0.271 e. The van der Waals surface area contributed by atoms with Crippen molar-refractivity contribution in [3.05, 3.63) is 47.3 Å². The van der Waals surface area contributed by atoms with Gasteiger partial charge in [0.2, 0.25) is 0 Å². The predicted octanol–water partition coefficient (Wildman–Crippen LogP) is 1.19. The van der Waals surface area contributed by atoms with Gasteiger partial charge in [0.05, 0.1) is 23.3 Å². The number of amides is 1. The highest BCUT2D eigenvalue weighted by Crippen LogP contribution is 2.16. The standard InChI is InChI=1S/C17H22N6O/c1-11-9-16(20-19-11)17(24)21-18-10-15-12(2)22-23(13(15)3)14-7-5-4-6-8-14/h4-8,10-11,16,19-20H,9H2,1-3H3,(H,21,24)/b18-10+. The Morgan fingerprint density at radius 3 is 2.75 bits per heavy atom. The third kappa shape index (κ3) is 3.37. The number of hydrogen-bond acceptors (Lipinski definition) is 5. The van der Waals surface area contributed by atoms with E-state index in [0.29, 0.717) is 0 Å². The number of para-hydroxylation sites is 1. The van der Waals surface area contributed by atoms with Gasteiger partial charge in [0, 0.05) is 11.6 Å². The molecule has 1 fully saturated rings. The summed E-state index contributed by atoms with van der Waals surface area (Å²) in [6.45, 7) is 5.94. The maximum absolute atomic E-state index is 12.0. The summed E-state index contributed by atoms with van der Waals surface area (Å²) in [6.07, 6.45) is 2.40. The Bertz CT molecular complexity index is 752. The zero-order valence-electron chi connectivity index (χ0n) is 14.1. The number of hydrazine groups is 1. The average molecular weight is 326 g/mol. The molecule has 1 aromatic heterocycles. The third-order valence-corrected chi connectivity index (χ3v) is 4.13. The van der Waals surface area contributed by atoms with Crippen molar-refractivity contribution in [2.24, 2.45) is 5.10 Å². The third-order valence-electron chi connectivity index (χ3n) is 4.13. The normalized spacial score (nSPS) is 20.6. The number of nitrogens with zero attached hydrogens (tertiary/aromatic N) is 3. The Balaban J connectivity index is 1.71. The fourth-order valence-corrected chi connectivity index (χ4v) is 2.79. The predicted molar refractivity (Wildman–Crippen MR) is 92.9 cm³/mol. The molecule has 3 rings (SSSR count). The molecule has 0 spiro atoms. The summed E-state index contributed by atoms with van der Waals surface area (Å²) in [5, 5.41) is 8.65. The Hall–Kier alpha value is -2.51. The SMILES string of the molecule is Cc1nn(-c2ccccc2)c(C)c1/C=N/NC(=O)C1CC(C)NN1. The lowest BCUT2D eigenvalue weighted by Gasteiger charge is -2.06. The Labute approximate surface area is 141 Å². The molecule has 1 aliphatic rings. The number of carbonyl (C=O) groups is 1. The molecule has 2 heterocycles. The maximum atomic E-state index is 12.0. The quantitative estimate of drug-likeness (QED) is 0.582. The highest BCUT2D eigenvalue weighted by Gasteiger charge is 2.26. The molecule has 2 unspecified atom stereocenters. The molecular formula is C17H22N6O. The van der Waals surface area contributed by atoms with E-state index < -0.39 is 0 Å². The summed E-state index contributed by atoms with van der Waals surface area (Å²) < 4.78 is 1.88. The molecule has 0 saturated carbocycles. The minimum atomic E-state index is -0.258. The van der Waals surface area contributed by atoms with Crippen molar-refractivity contribution in [2.45, 2.75) is 39.3 Å². The van der Waals surface area contributed by atoms with E-state index in [1.165, 1.54) is 0 Å². The first-order chi connectivity index (χ1) is 11.6. The summed E-state index contributed by atoms with van der Waals surface area (Å²) in [4.78, 5) is 12.0. The molecule has 3 N–H and O–H groups in total. The lowest BCUT2D eigenvalue weighted by molar-refractivity contribution is -0.122. The number of nitrogens with one attached hydrogen (secondary N) is 3. The fraction of sp³-hybridized carbons (Fsp3) is 0.353. The van der Waals surface area contributed by atoms with Gasteiger partial charge >= 0.3 is 0 Å². The van der Waals surface area contributed by atoms with Gasteiger partial charge in [-0.25, -0.2) is 15.5 Å². The van der Waals surface area contributed by atoms with Gasteiger partial charge in [0.15, 0.2) is 0 Å². The summed E-state index contributed by atoms with van der Waals surface area (Å²) in [7, 11) is 0. The second-order valence-electron chi connectivity index (χ2n) is 6.04. The molecule has 7 nitrogen and oxygen atoms in total. The van der Waals surface area contributed by atoms with Crippen molar-refractivity contribution in [2.75, 3.05) is 0 Å². The van der Waals surface area contributed by atoms with E-state index in [0.717, 1.165) is 29.1 Å². The molecule has 24 heavy (non-hydrogen) atoms. The van der Waals surface area contributed by atoms with Crippen LogP contribution < -0.4 is 16.3 Å². The van der Waals surface area contributed by atoms with Crippen molar-refractivity contribution in [1.82, 2.24) is 26.1 Å². The Morgan fingerprint density at radius 2 is 2.08 bits per heavy atom. The Morgan fingerprint density at radius 1 is 1.33 bits per heavy atom. The topological polar surface area (TPSA) is 83.3 Å². The molecule has 0 bridgehead atoms. The van der Waals surface area contributed by atoms with Gasteiger partial charge in [0.1, 0.15) is 6.04 Å². The van der Waals surface area contributed by atoms with E-state index in [-0.39, 0.29) is 18.0 Å². The van der Waals surface area contributed by atoms with Crippen molar-refractivity contribution in [3.8, 4) is 5.69 Å². The van der Waals surface area contributed by atoms with Gasteiger partial charge in [-0.3, -0.25) is 10.2 Å². The van der Waals surface area contributed by atoms with Crippen molar-refractivity contribution in [3.63, 3.8) is 0 Å². The summed E-state index contributed by atoms with van der Waals surface area (Å²) >= 11 is 0. The van der Waals surface area contributed by atoms with Crippen LogP contribution in [0.5, 0.6) is 0 Å². The minimum absolute atomic E-state index is 0.145. The van der Waals surface area contributed by atoms with E-state index in [1.807, 2.05) is 55.8 Å². The van der Waals surface area contributed by atoms with Crippen molar-refractivity contribution in [1.29, 1.82) is 0 Å². The van der Waals surface area contributed by atoms with Gasteiger partial charge in [-0.1, -0.05) is 18.2 Å². The van der Waals surface area contributed by atoms with Crippen molar-refractivity contribution < 1.29 is 4.79 Å². The highest BCUT2D eigenvalue weighted by atomic mass is 16.2. The molecular weight excluding hydrogens is 304 g/mol. The van der Waals surface area contributed by atoms with Crippen LogP contribution in [-0.2, 0) is 4.79 Å². The number of benzene rings is 1. The van der Waals surface area contributed by atoms with Crippen LogP contribution in [0, 0.1) is 13.8 Å². The summed E-state index contributed by atoms with van der Waals surface area (Å²) in [5.74, 6) is -0.145. The number of carbonyl (C=O) groups excluding carboxylic acids is 1. The number of aromatic nitrogens is 2. The van der Waals surface area contributed by atoms with Crippen LogP contribution in [-0.4, -0.2) is 34.0 Å². The van der Waals surface area contributed by atoms with Crippen LogP contribution in [0.25, 0.3) is 5.69 Å². The van der Waals surface area contributed by atoms with E-state index in [2.05, 4.69) is 26.5 Å². The molecule has 0 radical (unpaired) electrons. The second-order valence-corrected chi connectivity index (χ2v) is 6.04. The molecule has 126 valence electrons. The van der Waals surface area contributed by atoms with Crippen LogP contribution in [0.15, 0.2) is 35.4 Å². The first-order valence-corrected chi connectivity index (χ1v) is 8.02. The lowest BCUT2D eigenvalue weighted by Crippen LogP contribution is -2.41. The van der Waals surface area contributed by atoms with Crippen LogP contribution >= 0.6 is 0 Å². The smallest absolute Gasteiger partial charge is 0.258 e. The second kappa shape index (κ2) is 6.94. The summed E-state index contributed by atoms with van der Waals surface area (Å²) in [6, 6.07) is 9.95. The molecule has 1 amide bonds. The number of aryl methyl sites for hydroxylation is 1. The molecule has 7 heteroatoms. The maximum Gasteiger partial charge on any atom is 0.258 e. The molecule has 0 aliphatic carbocycles. The van der Waals surface area contributed by atoms with Crippen molar-refractivity contribution >= 4 is 12.1 Å². The van der Waals surface area contributed by atoms with Crippen LogP contribution in [0.1, 0.15) is 30.3 Å². The molecule has 1 aliphatic heterocycles. The minimum Gasteiger partial charge on any atom is -0.271 e. The first kappa shape index (κ1) is 16.4. The highest BCUT2D eigenvalue weighted by molar-refractivity contribution is 5.86. The molecule has 2 atom stereocenters. The van der Waals surface area contributed by atoms with Crippen LogP contribution in [0.4, 0.5) is 0 Å². The zero-order valence-corrected chi connectivity index (χ0v) is 14.1. The summed E-state index contributed by atoms with van der Waals surface area (Å²) in [5.41, 5.74) is 12.3. The average Bonchev–Trinajstić information content (AvgIpc) is 3.13. The van der Waals surface area contributed by atoms with Gasteiger partial charge in [-0.15, -0.1) is 0 Å². The van der Waals surface area contributed by atoms with E-state index in [1.54, 1.807) is 6.21 Å². The number of rotatable bonds is 4. The van der Waals surface area contributed by atoms with Gasteiger partial charge in [-0.2, -0.15) is 10.2 Å². The lowest BCUT2D eigenvalue weighted by atomic mass is 10.1. The molecule has 1 saturated heterocycles. The Kier molecular flexibility index (Phi) is 4.73. The fourth-order valence-electron chi connectivity index (χ4n) is 2.79. The van der Waals surface area contributed by atoms with Crippen LogP contribution in [0.2, 0.25) is 0 Å².